The maximum atomic E-state index is 12.3. The summed E-state index contributed by atoms with van der Waals surface area (Å²) in [5.74, 6) is 0.551. The van der Waals surface area contributed by atoms with Gasteiger partial charge < -0.3 is 5.32 Å². The molecule has 23 heavy (non-hydrogen) atoms. The molecule has 0 aliphatic carbocycles. The van der Waals surface area contributed by atoms with Crippen LogP contribution in [0.3, 0.4) is 0 Å². The zero-order valence-electron chi connectivity index (χ0n) is 14.4. The third-order valence-electron chi connectivity index (χ3n) is 4.16. The van der Waals surface area contributed by atoms with Gasteiger partial charge in [0, 0.05) is 12.2 Å². The Morgan fingerprint density at radius 3 is 2.17 bits per heavy atom. The van der Waals surface area contributed by atoms with Gasteiger partial charge in [0.25, 0.3) is 0 Å². The minimum atomic E-state index is -0.194. The zero-order chi connectivity index (χ0) is 16.8. The van der Waals surface area contributed by atoms with E-state index in [1.54, 1.807) is 0 Å². The molecule has 0 spiro atoms. The van der Waals surface area contributed by atoms with Crippen molar-refractivity contribution in [2.45, 2.75) is 39.3 Å². The van der Waals surface area contributed by atoms with E-state index in [9.17, 15) is 4.79 Å². The molecule has 0 radical (unpaired) electrons. The predicted octanol–water partition coefficient (Wildman–Crippen LogP) is 4.27. The Labute approximate surface area is 139 Å². The number of carbonyl (C=O) groups is 1. The van der Waals surface area contributed by atoms with Gasteiger partial charge in [-0.25, -0.2) is 0 Å². The minimum absolute atomic E-state index is 0.0116. The predicted molar refractivity (Wildman–Crippen MR) is 96.5 cm³/mol. The Balaban J connectivity index is 1.93. The Hall–Kier alpha value is -2.13. The molecule has 0 saturated carbocycles. The molecule has 1 atom stereocenters. The second-order valence-electron chi connectivity index (χ2n) is 6.34. The van der Waals surface area contributed by atoms with Gasteiger partial charge in [0.2, 0.25) is 5.91 Å². The number of nitrogens with one attached hydrogen (secondary N) is 1. The van der Waals surface area contributed by atoms with E-state index < -0.39 is 0 Å². The van der Waals surface area contributed by atoms with Crippen molar-refractivity contribution in [3.8, 4) is 0 Å². The molecule has 0 unspecified atom stereocenters. The van der Waals surface area contributed by atoms with Gasteiger partial charge in [-0.1, -0.05) is 56.3 Å². The highest BCUT2D eigenvalue weighted by Gasteiger charge is 2.18. The third kappa shape index (κ3) is 4.93. The molecule has 2 aromatic carbocycles. The lowest BCUT2D eigenvalue weighted by molar-refractivity contribution is -0.120. The highest BCUT2D eigenvalue weighted by Crippen LogP contribution is 2.16. The molecule has 0 bridgehead atoms. The summed E-state index contributed by atoms with van der Waals surface area (Å²) in [6, 6.07) is 18.0. The Bertz CT molecular complexity index is 620. The molecule has 122 valence electrons. The van der Waals surface area contributed by atoms with Gasteiger partial charge in [-0.2, -0.15) is 0 Å². The molecule has 0 aliphatic rings. The molecule has 0 heterocycles. The summed E-state index contributed by atoms with van der Waals surface area (Å²) in [4.78, 5) is 14.4. The van der Waals surface area contributed by atoms with E-state index in [4.69, 9.17) is 0 Å². The summed E-state index contributed by atoms with van der Waals surface area (Å²) in [7, 11) is 1.98. The van der Waals surface area contributed by atoms with Crippen LogP contribution in [0.25, 0.3) is 0 Å². The normalized spacial score (nSPS) is 12.4. The number of hydrogen-bond acceptors (Lipinski definition) is 2. The fourth-order valence-electron chi connectivity index (χ4n) is 2.40. The van der Waals surface area contributed by atoms with Crippen molar-refractivity contribution in [3.63, 3.8) is 0 Å². The number of nitrogens with zero attached hydrogens (tertiary/aromatic N) is 1. The quantitative estimate of drug-likeness (QED) is 0.864. The molecule has 1 N–H and O–H groups in total. The van der Waals surface area contributed by atoms with Crippen LogP contribution in [0.2, 0.25) is 0 Å². The molecule has 3 nitrogen and oxygen atoms in total. The van der Waals surface area contributed by atoms with Crippen molar-refractivity contribution in [2.24, 2.45) is 0 Å². The molecular weight excluding hydrogens is 284 g/mol. The minimum Gasteiger partial charge on any atom is -0.325 e. The van der Waals surface area contributed by atoms with Crippen molar-refractivity contribution in [3.05, 3.63) is 65.7 Å². The molecule has 2 rings (SSSR count). The average molecular weight is 310 g/mol. The number of carbonyl (C=O) groups excluding carboxylic acids is 1. The molecule has 3 heteroatoms. The first-order valence-corrected chi connectivity index (χ1v) is 8.12. The van der Waals surface area contributed by atoms with E-state index in [0.717, 1.165) is 12.2 Å². The summed E-state index contributed by atoms with van der Waals surface area (Å²) in [5.41, 5.74) is 3.39. The summed E-state index contributed by atoms with van der Waals surface area (Å²) in [5, 5.41) is 2.95. The van der Waals surface area contributed by atoms with Gasteiger partial charge in [0.05, 0.1) is 6.04 Å². The Kier molecular flexibility index (Phi) is 5.94. The van der Waals surface area contributed by atoms with Gasteiger partial charge in [0.1, 0.15) is 0 Å². The van der Waals surface area contributed by atoms with Gasteiger partial charge >= 0.3 is 0 Å². The lowest BCUT2D eigenvalue weighted by atomic mass is 10.0. The second kappa shape index (κ2) is 7.93. The number of likely N-dealkylation sites (N-methyl/N-ethyl adjacent to an activating group) is 1. The maximum absolute atomic E-state index is 12.3. The summed E-state index contributed by atoms with van der Waals surface area (Å²) in [6.07, 6.45) is 0. The van der Waals surface area contributed by atoms with Crippen LogP contribution in [0.5, 0.6) is 0 Å². The summed E-state index contributed by atoms with van der Waals surface area (Å²) < 4.78 is 0. The van der Waals surface area contributed by atoms with Crippen LogP contribution < -0.4 is 5.32 Å². The number of para-hydroxylation sites is 1. The monoisotopic (exact) mass is 310 g/mol. The molecule has 0 aliphatic heterocycles. The van der Waals surface area contributed by atoms with Crippen molar-refractivity contribution in [2.75, 3.05) is 12.4 Å². The SMILES string of the molecule is CC(C)c1ccc(CN(C)[C@@H](C)C(=O)Nc2ccccc2)cc1. The zero-order valence-corrected chi connectivity index (χ0v) is 14.4. The van der Waals surface area contributed by atoms with E-state index in [1.807, 2.05) is 44.3 Å². The van der Waals surface area contributed by atoms with Crippen LogP contribution in [-0.2, 0) is 11.3 Å². The van der Waals surface area contributed by atoms with E-state index >= 15 is 0 Å². The number of hydrogen-bond donors (Lipinski definition) is 1. The van der Waals surface area contributed by atoms with Crippen LogP contribution in [0.15, 0.2) is 54.6 Å². The van der Waals surface area contributed by atoms with E-state index in [0.29, 0.717) is 5.92 Å². The maximum Gasteiger partial charge on any atom is 0.241 e. The highest BCUT2D eigenvalue weighted by atomic mass is 16.2. The lowest BCUT2D eigenvalue weighted by Crippen LogP contribution is -2.39. The second-order valence-corrected chi connectivity index (χ2v) is 6.34. The van der Waals surface area contributed by atoms with Crippen LogP contribution in [0.1, 0.15) is 37.8 Å². The molecule has 0 fully saturated rings. The fourth-order valence-corrected chi connectivity index (χ4v) is 2.40. The van der Waals surface area contributed by atoms with Crippen LogP contribution in [-0.4, -0.2) is 23.9 Å². The van der Waals surface area contributed by atoms with Crippen LogP contribution in [0, 0.1) is 0 Å². The number of amides is 1. The standard InChI is InChI=1S/C20H26N2O/c1-15(2)18-12-10-17(11-13-18)14-22(4)16(3)20(23)21-19-8-6-5-7-9-19/h5-13,15-16H,14H2,1-4H3,(H,21,23)/t16-/m0/s1. The first-order valence-electron chi connectivity index (χ1n) is 8.12. The first-order chi connectivity index (χ1) is 11.0. The average Bonchev–Trinajstić information content (AvgIpc) is 2.55. The van der Waals surface area contributed by atoms with Crippen LogP contribution in [0.4, 0.5) is 5.69 Å². The van der Waals surface area contributed by atoms with Gasteiger partial charge in [-0.3, -0.25) is 9.69 Å². The highest BCUT2D eigenvalue weighted by molar-refractivity contribution is 5.94. The Morgan fingerprint density at radius 1 is 1.00 bits per heavy atom. The first kappa shape index (κ1) is 17.2. The topological polar surface area (TPSA) is 32.3 Å². The van der Waals surface area contributed by atoms with Gasteiger partial charge in [-0.05, 0) is 43.1 Å². The molecule has 0 saturated heterocycles. The molecule has 1 amide bonds. The van der Waals surface area contributed by atoms with Crippen molar-refractivity contribution in [1.29, 1.82) is 0 Å². The lowest BCUT2D eigenvalue weighted by Gasteiger charge is -2.24. The number of anilines is 1. The van der Waals surface area contributed by atoms with Crippen molar-refractivity contribution < 1.29 is 4.79 Å². The van der Waals surface area contributed by atoms with E-state index in [1.165, 1.54) is 11.1 Å². The van der Waals surface area contributed by atoms with Crippen molar-refractivity contribution >= 4 is 11.6 Å². The number of benzene rings is 2. The summed E-state index contributed by atoms with van der Waals surface area (Å²) >= 11 is 0. The molecular formula is C20H26N2O. The third-order valence-corrected chi connectivity index (χ3v) is 4.16. The van der Waals surface area contributed by atoms with Crippen LogP contribution >= 0.6 is 0 Å². The van der Waals surface area contributed by atoms with Gasteiger partial charge in [-0.15, -0.1) is 0 Å². The number of rotatable bonds is 6. The fraction of sp³-hybridized carbons (Fsp3) is 0.350. The largest absolute Gasteiger partial charge is 0.325 e. The van der Waals surface area contributed by atoms with E-state index in [2.05, 4.69) is 48.3 Å². The van der Waals surface area contributed by atoms with Gasteiger partial charge in [0.15, 0.2) is 0 Å². The summed E-state index contributed by atoms with van der Waals surface area (Å²) in [6.45, 7) is 7.07. The molecule has 0 aromatic heterocycles. The van der Waals surface area contributed by atoms with E-state index in [-0.39, 0.29) is 11.9 Å². The van der Waals surface area contributed by atoms with Crippen molar-refractivity contribution in [1.82, 2.24) is 4.90 Å². The Morgan fingerprint density at radius 2 is 1.61 bits per heavy atom. The molecule has 2 aromatic rings. The smallest absolute Gasteiger partial charge is 0.241 e.